The van der Waals surface area contributed by atoms with Gasteiger partial charge in [-0.15, -0.1) is 0 Å². The molecule has 1 fully saturated rings. The summed E-state index contributed by atoms with van der Waals surface area (Å²) in [6, 6.07) is 14.8. The van der Waals surface area contributed by atoms with Crippen molar-refractivity contribution in [1.82, 2.24) is 15.3 Å². The van der Waals surface area contributed by atoms with E-state index >= 15 is 0 Å². The monoisotopic (exact) mass is 448 g/mol. The maximum atomic E-state index is 12.5. The summed E-state index contributed by atoms with van der Waals surface area (Å²) in [6.07, 6.45) is 6.07. The van der Waals surface area contributed by atoms with Crippen LogP contribution in [0.4, 0.5) is 10.5 Å². The molecule has 8 nitrogen and oxygen atoms in total. The minimum absolute atomic E-state index is 0.0302. The molecule has 8 heteroatoms. The first-order valence-electron chi connectivity index (χ1n) is 10.6. The van der Waals surface area contributed by atoms with Crippen LogP contribution in [0.2, 0.25) is 0 Å². The fourth-order valence-electron chi connectivity index (χ4n) is 3.47. The molecule has 0 aliphatic carbocycles. The lowest BCUT2D eigenvalue weighted by Crippen LogP contribution is -2.51. The second-order valence-electron chi connectivity index (χ2n) is 7.87. The van der Waals surface area contributed by atoms with E-state index < -0.39 is 5.91 Å². The highest BCUT2D eigenvalue weighted by Crippen LogP contribution is 2.18. The highest BCUT2D eigenvalue weighted by Gasteiger charge is 2.22. The number of ketones is 1. The second-order valence-corrected chi connectivity index (χ2v) is 7.87. The summed E-state index contributed by atoms with van der Waals surface area (Å²) in [5.74, 6) is -0.691. The molecular formula is C25H28N4O4. The predicted molar refractivity (Wildman–Crippen MR) is 128 cm³/mol. The SMILES string of the molecule is CN(C)C(=O)N1CCN(c2ccc(C(=O)C=Cc3ccc(C=CC(=O)NO)cc3)cc2)CC1. The van der Waals surface area contributed by atoms with Crippen molar-refractivity contribution in [1.29, 1.82) is 0 Å². The molecule has 3 amide bonds. The van der Waals surface area contributed by atoms with Crippen molar-refractivity contribution in [3.63, 3.8) is 0 Å². The van der Waals surface area contributed by atoms with Gasteiger partial charge in [0.25, 0.3) is 5.91 Å². The van der Waals surface area contributed by atoms with Crippen LogP contribution in [0.5, 0.6) is 0 Å². The number of piperazine rings is 1. The van der Waals surface area contributed by atoms with Gasteiger partial charge in [0.15, 0.2) is 5.78 Å². The van der Waals surface area contributed by atoms with E-state index in [1.807, 2.05) is 53.4 Å². The summed E-state index contributed by atoms with van der Waals surface area (Å²) >= 11 is 0. The van der Waals surface area contributed by atoms with Crippen molar-refractivity contribution < 1.29 is 19.6 Å². The quantitative estimate of drug-likeness (QED) is 0.307. The first-order valence-corrected chi connectivity index (χ1v) is 10.6. The summed E-state index contributed by atoms with van der Waals surface area (Å²) in [5, 5.41) is 8.49. The predicted octanol–water partition coefficient (Wildman–Crippen LogP) is 2.90. The van der Waals surface area contributed by atoms with E-state index in [4.69, 9.17) is 5.21 Å². The Morgan fingerprint density at radius 3 is 1.91 bits per heavy atom. The number of nitrogens with zero attached hydrogens (tertiary/aromatic N) is 3. The Bertz CT molecular complexity index is 1040. The van der Waals surface area contributed by atoms with Gasteiger partial charge >= 0.3 is 6.03 Å². The number of anilines is 1. The summed E-state index contributed by atoms with van der Waals surface area (Å²) in [4.78, 5) is 41.3. The Kier molecular flexibility index (Phi) is 7.99. The van der Waals surface area contributed by atoms with Crippen molar-refractivity contribution in [2.75, 3.05) is 45.2 Å². The maximum absolute atomic E-state index is 12.5. The molecular weight excluding hydrogens is 420 g/mol. The van der Waals surface area contributed by atoms with Gasteiger partial charge in [0.2, 0.25) is 0 Å². The van der Waals surface area contributed by atoms with E-state index in [1.54, 1.807) is 31.1 Å². The van der Waals surface area contributed by atoms with Gasteiger partial charge < -0.3 is 14.7 Å². The van der Waals surface area contributed by atoms with Crippen molar-refractivity contribution in [3.8, 4) is 0 Å². The number of amides is 3. The zero-order chi connectivity index (χ0) is 23.8. The van der Waals surface area contributed by atoms with Crippen LogP contribution >= 0.6 is 0 Å². The second kappa shape index (κ2) is 11.1. The standard InChI is InChI=1S/C25H28N4O4/c1-27(2)25(32)29-17-15-28(16-18-29)22-11-9-21(10-12-22)23(30)13-7-19-3-5-20(6-4-19)8-14-24(31)26-33/h3-14,33H,15-18H2,1-2H3,(H,26,31). The summed E-state index contributed by atoms with van der Waals surface area (Å²) in [6.45, 7) is 2.85. The van der Waals surface area contributed by atoms with Crippen molar-refractivity contribution in [2.45, 2.75) is 0 Å². The maximum Gasteiger partial charge on any atom is 0.319 e. The van der Waals surface area contributed by atoms with Gasteiger partial charge in [0, 0.05) is 57.6 Å². The van der Waals surface area contributed by atoms with E-state index in [0.29, 0.717) is 18.7 Å². The average molecular weight is 449 g/mol. The third kappa shape index (κ3) is 6.54. The van der Waals surface area contributed by atoms with E-state index in [2.05, 4.69) is 4.90 Å². The third-order valence-corrected chi connectivity index (χ3v) is 5.35. The minimum Gasteiger partial charge on any atom is -0.368 e. The fraction of sp³-hybridized carbons (Fsp3) is 0.240. The number of urea groups is 1. The van der Waals surface area contributed by atoms with Crippen LogP contribution in [0.1, 0.15) is 21.5 Å². The van der Waals surface area contributed by atoms with E-state index in [9.17, 15) is 14.4 Å². The van der Waals surface area contributed by atoms with Crippen LogP contribution in [0.3, 0.4) is 0 Å². The molecule has 0 spiro atoms. The Morgan fingerprint density at radius 1 is 0.848 bits per heavy atom. The highest BCUT2D eigenvalue weighted by molar-refractivity contribution is 6.07. The normalized spacial score (nSPS) is 14.0. The summed E-state index contributed by atoms with van der Waals surface area (Å²) in [5.41, 5.74) is 4.82. The molecule has 33 heavy (non-hydrogen) atoms. The Balaban J connectivity index is 1.55. The van der Waals surface area contributed by atoms with Crippen LogP contribution in [-0.2, 0) is 4.79 Å². The Labute approximate surface area is 193 Å². The van der Waals surface area contributed by atoms with Crippen LogP contribution in [0.15, 0.2) is 60.7 Å². The number of nitrogens with one attached hydrogen (secondary N) is 1. The molecule has 172 valence electrons. The van der Waals surface area contributed by atoms with Crippen molar-refractivity contribution in [3.05, 3.63) is 77.4 Å². The molecule has 0 aromatic heterocycles. The molecule has 1 heterocycles. The zero-order valence-electron chi connectivity index (χ0n) is 18.8. The lowest BCUT2D eigenvalue weighted by molar-refractivity contribution is -0.124. The largest absolute Gasteiger partial charge is 0.368 e. The van der Waals surface area contributed by atoms with Gasteiger partial charge in [-0.05, 0) is 47.5 Å². The molecule has 0 radical (unpaired) electrons. The van der Waals surface area contributed by atoms with E-state index in [0.717, 1.165) is 29.9 Å². The van der Waals surface area contributed by atoms with Gasteiger partial charge in [0.05, 0.1) is 0 Å². The molecule has 1 aliphatic rings. The number of carbonyl (C=O) groups excluding carboxylic acids is 3. The van der Waals surface area contributed by atoms with Crippen LogP contribution in [-0.4, -0.2) is 73.0 Å². The van der Waals surface area contributed by atoms with Crippen LogP contribution in [0.25, 0.3) is 12.2 Å². The molecule has 3 rings (SSSR count). The first-order chi connectivity index (χ1) is 15.9. The smallest absolute Gasteiger partial charge is 0.319 e. The lowest BCUT2D eigenvalue weighted by Gasteiger charge is -2.37. The third-order valence-electron chi connectivity index (χ3n) is 5.35. The number of benzene rings is 2. The number of allylic oxidation sites excluding steroid dienone is 1. The molecule has 2 N–H and O–H groups in total. The number of hydroxylamine groups is 1. The molecule has 2 aromatic rings. The minimum atomic E-state index is -0.600. The Hall–Kier alpha value is -3.91. The van der Waals surface area contributed by atoms with E-state index in [1.165, 1.54) is 17.6 Å². The lowest BCUT2D eigenvalue weighted by atomic mass is 10.1. The van der Waals surface area contributed by atoms with Gasteiger partial charge in [-0.25, -0.2) is 10.3 Å². The molecule has 0 atom stereocenters. The summed E-state index contributed by atoms with van der Waals surface area (Å²) in [7, 11) is 3.51. The van der Waals surface area contributed by atoms with Gasteiger partial charge in [-0.1, -0.05) is 30.3 Å². The van der Waals surface area contributed by atoms with Crippen molar-refractivity contribution >= 4 is 35.6 Å². The molecule has 1 aliphatic heterocycles. The fourth-order valence-corrected chi connectivity index (χ4v) is 3.47. The molecule has 0 saturated carbocycles. The van der Waals surface area contributed by atoms with Crippen molar-refractivity contribution in [2.24, 2.45) is 0 Å². The Morgan fingerprint density at radius 2 is 1.39 bits per heavy atom. The number of hydrogen-bond acceptors (Lipinski definition) is 5. The topological polar surface area (TPSA) is 93.2 Å². The summed E-state index contributed by atoms with van der Waals surface area (Å²) < 4.78 is 0. The number of hydrogen-bond donors (Lipinski definition) is 2. The van der Waals surface area contributed by atoms with Gasteiger partial charge in [-0.2, -0.15) is 0 Å². The van der Waals surface area contributed by atoms with E-state index in [-0.39, 0.29) is 11.8 Å². The molecule has 1 saturated heterocycles. The van der Waals surface area contributed by atoms with Crippen LogP contribution in [0, 0.1) is 0 Å². The highest BCUT2D eigenvalue weighted by atomic mass is 16.5. The van der Waals surface area contributed by atoms with Gasteiger partial charge in [-0.3, -0.25) is 14.8 Å². The van der Waals surface area contributed by atoms with Crippen LogP contribution < -0.4 is 10.4 Å². The van der Waals surface area contributed by atoms with Gasteiger partial charge in [0.1, 0.15) is 0 Å². The molecule has 2 aromatic carbocycles. The first kappa shape index (κ1) is 23.7. The molecule has 0 bridgehead atoms. The number of carbonyl (C=O) groups is 3. The average Bonchev–Trinajstić information content (AvgIpc) is 2.86. The number of rotatable bonds is 6. The molecule has 0 unspecified atom stereocenters. The zero-order valence-corrected chi connectivity index (χ0v) is 18.8.